The minimum absolute atomic E-state index is 0.109. The standard InChI is InChI=1S/C19H21N3O2/c23-17(21-15-7-3-1-4-8-15)13-19(11-12-20-14-19)18(24)22-16-9-5-2-6-10-16/h1-10,20H,11-14H2,(H,21,23)(H,22,24). The minimum atomic E-state index is -0.714. The smallest absolute Gasteiger partial charge is 0.232 e. The van der Waals surface area contributed by atoms with Crippen LogP contribution in [0.5, 0.6) is 0 Å². The SMILES string of the molecule is O=C(CC1(C(=O)Nc2ccccc2)CCNC1)Nc1ccccc1. The summed E-state index contributed by atoms with van der Waals surface area (Å²) < 4.78 is 0. The lowest BCUT2D eigenvalue weighted by Gasteiger charge is -2.26. The lowest BCUT2D eigenvalue weighted by atomic mass is 9.82. The van der Waals surface area contributed by atoms with Crippen molar-refractivity contribution in [3.8, 4) is 0 Å². The van der Waals surface area contributed by atoms with Gasteiger partial charge in [-0.2, -0.15) is 0 Å². The molecule has 5 heteroatoms. The van der Waals surface area contributed by atoms with E-state index in [0.29, 0.717) is 13.0 Å². The summed E-state index contributed by atoms with van der Waals surface area (Å²) in [6.45, 7) is 1.24. The van der Waals surface area contributed by atoms with Crippen molar-refractivity contribution in [3.63, 3.8) is 0 Å². The highest BCUT2D eigenvalue weighted by Crippen LogP contribution is 2.32. The Bertz CT molecular complexity index is 695. The Morgan fingerprint density at radius 3 is 2.04 bits per heavy atom. The van der Waals surface area contributed by atoms with Crippen molar-refractivity contribution in [2.75, 3.05) is 23.7 Å². The van der Waals surface area contributed by atoms with Crippen LogP contribution in [-0.2, 0) is 9.59 Å². The molecule has 0 aromatic heterocycles. The van der Waals surface area contributed by atoms with Crippen LogP contribution in [0.25, 0.3) is 0 Å². The largest absolute Gasteiger partial charge is 0.326 e. The Hall–Kier alpha value is -2.66. The predicted octanol–water partition coefficient (Wildman–Crippen LogP) is 2.63. The number of carbonyl (C=O) groups excluding carboxylic acids is 2. The Balaban J connectivity index is 1.69. The van der Waals surface area contributed by atoms with Gasteiger partial charge in [-0.3, -0.25) is 9.59 Å². The summed E-state index contributed by atoms with van der Waals surface area (Å²) in [6.07, 6.45) is 0.807. The van der Waals surface area contributed by atoms with Crippen molar-refractivity contribution >= 4 is 23.2 Å². The molecule has 2 aromatic rings. The average molecular weight is 323 g/mol. The maximum absolute atomic E-state index is 12.8. The molecule has 1 unspecified atom stereocenters. The van der Waals surface area contributed by atoms with Crippen LogP contribution in [0.4, 0.5) is 11.4 Å². The van der Waals surface area contributed by atoms with Crippen molar-refractivity contribution in [1.82, 2.24) is 5.32 Å². The summed E-state index contributed by atoms with van der Waals surface area (Å²) in [5, 5.41) is 9.01. The van der Waals surface area contributed by atoms with E-state index in [9.17, 15) is 9.59 Å². The number of hydrogen-bond acceptors (Lipinski definition) is 3. The zero-order chi connectivity index (χ0) is 16.8. The highest BCUT2D eigenvalue weighted by atomic mass is 16.2. The van der Waals surface area contributed by atoms with Crippen molar-refractivity contribution in [2.45, 2.75) is 12.8 Å². The summed E-state index contributed by atoms with van der Waals surface area (Å²) in [6, 6.07) is 18.6. The third-order valence-corrected chi connectivity index (χ3v) is 4.31. The molecule has 1 heterocycles. The second kappa shape index (κ2) is 7.27. The first-order valence-corrected chi connectivity index (χ1v) is 8.10. The van der Waals surface area contributed by atoms with E-state index in [1.54, 1.807) is 0 Å². The first-order chi connectivity index (χ1) is 11.7. The Labute approximate surface area is 141 Å². The molecule has 2 amide bonds. The first kappa shape index (κ1) is 16.2. The lowest BCUT2D eigenvalue weighted by Crippen LogP contribution is -2.41. The van der Waals surface area contributed by atoms with E-state index in [-0.39, 0.29) is 18.2 Å². The van der Waals surface area contributed by atoms with Crippen molar-refractivity contribution in [3.05, 3.63) is 60.7 Å². The number of anilines is 2. The molecular formula is C19H21N3O2. The topological polar surface area (TPSA) is 70.2 Å². The van der Waals surface area contributed by atoms with Gasteiger partial charge < -0.3 is 16.0 Å². The molecular weight excluding hydrogens is 302 g/mol. The molecule has 0 saturated carbocycles. The minimum Gasteiger partial charge on any atom is -0.326 e. The van der Waals surface area contributed by atoms with Gasteiger partial charge in [-0.1, -0.05) is 36.4 Å². The number of benzene rings is 2. The Kier molecular flexibility index (Phi) is 4.91. The summed E-state index contributed by atoms with van der Waals surface area (Å²) in [7, 11) is 0. The van der Waals surface area contributed by atoms with Crippen LogP contribution in [0.1, 0.15) is 12.8 Å². The molecule has 5 nitrogen and oxygen atoms in total. The summed E-state index contributed by atoms with van der Waals surface area (Å²) in [5.74, 6) is -0.255. The molecule has 1 fully saturated rings. The van der Waals surface area contributed by atoms with Gasteiger partial charge in [0.15, 0.2) is 0 Å². The summed E-state index contributed by atoms with van der Waals surface area (Å²) >= 11 is 0. The van der Waals surface area contributed by atoms with Gasteiger partial charge in [0.05, 0.1) is 5.41 Å². The molecule has 2 aromatic carbocycles. The van der Waals surface area contributed by atoms with Gasteiger partial charge in [-0.25, -0.2) is 0 Å². The molecule has 1 atom stereocenters. The van der Waals surface area contributed by atoms with Crippen molar-refractivity contribution in [1.29, 1.82) is 0 Å². The molecule has 0 radical (unpaired) electrons. The van der Waals surface area contributed by atoms with Crippen LogP contribution in [0.2, 0.25) is 0 Å². The maximum Gasteiger partial charge on any atom is 0.232 e. The van der Waals surface area contributed by atoms with Gasteiger partial charge in [0.1, 0.15) is 0 Å². The quantitative estimate of drug-likeness (QED) is 0.792. The lowest BCUT2D eigenvalue weighted by molar-refractivity contribution is -0.129. The monoisotopic (exact) mass is 323 g/mol. The van der Waals surface area contributed by atoms with Crippen LogP contribution >= 0.6 is 0 Å². The zero-order valence-corrected chi connectivity index (χ0v) is 13.4. The molecule has 24 heavy (non-hydrogen) atoms. The fourth-order valence-electron chi connectivity index (χ4n) is 2.99. The van der Waals surface area contributed by atoms with E-state index in [4.69, 9.17) is 0 Å². The number of hydrogen-bond donors (Lipinski definition) is 3. The molecule has 3 rings (SSSR count). The second-order valence-corrected chi connectivity index (χ2v) is 6.12. The molecule has 1 aliphatic rings. The average Bonchev–Trinajstić information content (AvgIpc) is 3.06. The fourth-order valence-corrected chi connectivity index (χ4v) is 2.99. The summed E-state index contributed by atoms with van der Waals surface area (Å²) in [5.41, 5.74) is 0.777. The van der Waals surface area contributed by atoms with E-state index in [2.05, 4.69) is 16.0 Å². The molecule has 3 N–H and O–H groups in total. The Morgan fingerprint density at radius 1 is 0.917 bits per heavy atom. The van der Waals surface area contributed by atoms with E-state index >= 15 is 0 Å². The number of nitrogens with one attached hydrogen (secondary N) is 3. The van der Waals surface area contributed by atoms with Crippen LogP contribution in [0.15, 0.2) is 60.7 Å². The van der Waals surface area contributed by atoms with Gasteiger partial charge in [0.2, 0.25) is 11.8 Å². The fraction of sp³-hybridized carbons (Fsp3) is 0.263. The summed E-state index contributed by atoms with van der Waals surface area (Å²) in [4.78, 5) is 25.2. The highest BCUT2D eigenvalue weighted by molar-refractivity contribution is 6.01. The molecule has 124 valence electrons. The van der Waals surface area contributed by atoms with Gasteiger partial charge in [0.25, 0.3) is 0 Å². The second-order valence-electron chi connectivity index (χ2n) is 6.12. The molecule has 0 aliphatic carbocycles. The van der Waals surface area contributed by atoms with Crippen molar-refractivity contribution < 1.29 is 9.59 Å². The van der Waals surface area contributed by atoms with Crippen LogP contribution in [-0.4, -0.2) is 24.9 Å². The van der Waals surface area contributed by atoms with Gasteiger partial charge in [0, 0.05) is 24.3 Å². The number of rotatable bonds is 5. The van der Waals surface area contributed by atoms with Gasteiger partial charge in [-0.05, 0) is 37.2 Å². The normalized spacial score (nSPS) is 19.7. The maximum atomic E-state index is 12.8. The van der Waals surface area contributed by atoms with Crippen molar-refractivity contribution in [2.24, 2.45) is 5.41 Å². The Morgan fingerprint density at radius 2 is 1.50 bits per heavy atom. The molecule has 0 bridgehead atoms. The number of carbonyl (C=O) groups is 2. The predicted molar refractivity (Wildman–Crippen MR) is 94.7 cm³/mol. The van der Waals surface area contributed by atoms with E-state index < -0.39 is 5.41 Å². The van der Waals surface area contributed by atoms with Crippen LogP contribution < -0.4 is 16.0 Å². The number of para-hydroxylation sites is 2. The van der Waals surface area contributed by atoms with E-state index in [0.717, 1.165) is 17.9 Å². The van der Waals surface area contributed by atoms with Gasteiger partial charge in [-0.15, -0.1) is 0 Å². The molecule has 1 saturated heterocycles. The van der Waals surface area contributed by atoms with Gasteiger partial charge >= 0.3 is 0 Å². The zero-order valence-electron chi connectivity index (χ0n) is 13.4. The van der Waals surface area contributed by atoms with Crippen LogP contribution in [0.3, 0.4) is 0 Å². The first-order valence-electron chi connectivity index (χ1n) is 8.10. The number of amides is 2. The molecule has 0 spiro atoms. The molecule has 1 aliphatic heterocycles. The van der Waals surface area contributed by atoms with E-state index in [1.165, 1.54) is 0 Å². The van der Waals surface area contributed by atoms with E-state index in [1.807, 2.05) is 60.7 Å². The third kappa shape index (κ3) is 3.81. The highest BCUT2D eigenvalue weighted by Gasteiger charge is 2.43. The third-order valence-electron chi connectivity index (χ3n) is 4.31. The van der Waals surface area contributed by atoms with Crippen LogP contribution in [0, 0.1) is 5.41 Å².